The molecule has 1 aromatic rings. The van der Waals surface area contributed by atoms with Crippen LogP contribution >= 0.6 is 0 Å². The van der Waals surface area contributed by atoms with Crippen LogP contribution in [0.4, 0.5) is 13.6 Å². The number of methoxy groups -OCH3 is 1. The molecule has 2 bridgehead atoms. The van der Waals surface area contributed by atoms with Crippen LogP contribution in [0.1, 0.15) is 18.4 Å². The first-order valence-corrected chi connectivity index (χ1v) is 7.38. The Kier molecular flexibility index (Phi) is 3.95. The van der Waals surface area contributed by atoms with Gasteiger partial charge in [-0.1, -0.05) is 30.3 Å². The Bertz CT molecular complexity index is 607. The Morgan fingerprint density at radius 3 is 2.65 bits per heavy atom. The van der Waals surface area contributed by atoms with Crippen LogP contribution in [0.5, 0.6) is 0 Å². The van der Waals surface area contributed by atoms with Gasteiger partial charge < -0.3 is 9.47 Å². The predicted octanol–water partition coefficient (Wildman–Crippen LogP) is 2.59. The monoisotopic (exact) mass is 325 g/mol. The number of nitrogens with zero attached hydrogens (tertiary/aromatic N) is 1. The van der Waals surface area contributed by atoms with E-state index in [1.54, 1.807) is 24.3 Å². The maximum atomic E-state index is 14.0. The third kappa shape index (κ3) is 2.75. The van der Waals surface area contributed by atoms with Crippen molar-refractivity contribution >= 4 is 12.1 Å². The van der Waals surface area contributed by atoms with Crippen LogP contribution in [0.2, 0.25) is 0 Å². The van der Waals surface area contributed by atoms with Gasteiger partial charge in [0.15, 0.2) is 0 Å². The van der Waals surface area contributed by atoms with Gasteiger partial charge in [0.2, 0.25) is 0 Å². The number of alkyl halides is 2. The molecule has 2 aliphatic heterocycles. The van der Waals surface area contributed by atoms with E-state index in [2.05, 4.69) is 4.74 Å². The standard InChI is InChI=1S/C16H17F2NO4/c1-22-14(20)11-7-13-16(17,18)8-12(11)19(13)15(21)23-9-10-5-3-2-4-6-10/h2-6,11-13H,7-9H2,1H3. The van der Waals surface area contributed by atoms with E-state index in [0.717, 1.165) is 10.5 Å². The molecule has 1 amide bonds. The molecule has 124 valence electrons. The van der Waals surface area contributed by atoms with Gasteiger partial charge in [0.25, 0.3) is 5.92 Å². The Labute approximate surface area is 132 Å². The average Bonchev–Trinajstić information content (AvgIpc) is 3.03. The van der Waals surface area contributed by atoms with Crippen molar-refractivity contribution in [3.63, 3.8) is 0 Å². The van der Waals surface area contributed by atoms with Crippen molar-refractivity contribution in [1.29, 1.82) is 0 Å². The molecule has 2 heterocycles. The lowest BCUT2D eigenvalue weighted by Crippen LogP contribution is -2.40. The third-order valence-corrected chi connectivity index (χ3v) is 4.52. The van der Waals surface area contributed by atoms with Crippen LogP contribution in [0, 0.1) is 5.92 Å². The minimum atomic E-state index is -3.00. The zero-order valence-corrected chi connectivity index (χ0v) is 12.6. The number of esters is 1. The minimum absolute atomic E-state index is 0.00404. The van der Waals surface area contributed by atoms with Crippen molar-refractivity contribution in [1.82, 2.24) is 4.90 Å². The molecule has 2 saturated heterocycles. The van der Waals surface area contributed by atoms with E-state index < -0.39 is 42.4 Å². The topological polar surface area (TPSA) is 55.8 Å². The maximum Gasteiger partial charge on any atom is 0.410 e. The fraction of sp³-hybridized carbons (Fsp3) is 0.500. The summed E-state index contributed by atoms with van der Waals surface area (Å²) in [6.07, 6.45) is -1.43. The second-order valence-electron chi connectivity index (χ2n) is 5.86. The number of ether oxygens (including phenoxy) is 2. The van der Waals surface area contributed by atoms with E-state index in [-0.39, 0.29) is 13.0 Å². The molecule has 23 heavy (non-hydrogen) atoms. The molecule has 0 N–H and O–H groups in total. The lowest BCUT2D eigenvalue weighted by molar-refractivity contribution is -0.147. The van der Waals surface area contributed by atoms with Gasteiger partial charge in [-0.05, 0) is 12.0 Å². The van der Waals surface area contributed by atoms with E-state index in [4.69, 9.17) is 4.74 Å². The van der Waals surface area contributed by atoms with Crippen LogP contribution in [-0.4, -0.2) is 42.1 Å². The zero-order valence-electron chi connectivity index (χ0n) is 12.6. The molecule has 3 unspecified atom stereocenters. The van der Waals surface area contributed by atoms with Crippen molar-refractivity contribution in [3.8, 4) is 0 Å². The quantitative estimate of drug-likeness (QED) is 0.802. The zero-order chi connectivity index (χ0) is 16.6. The summed E-state index contributed by atoms with van der Waals surface area (Å²) in [5, 5.41) is 0. The number of hydrogen-bond donors (Lipinski definition) is 0. The summed E-state index contributed by atoms with van der Waals surface area (Å²) >= 11 is 0. The molecule has 3 atom stereocenters. The number of halogens is 2. The highest BCUT2D eigenvalue weighted by molar-refractivity contribution is 5.78. The highest BCUT2D eigenvalue weighted by atomic mass is 19.3. The van der Waals surface area contributed by atoms with Crippen LogP contribution in [0.25, 0.3) is 0 Å². The number of rotatable bonds is 3. The van der Waals surface area contributed by atoms with E-state index in [0.29, 0.717) is 0 Å². The van der Waals surface area contributed by atoms with Crippen LogP contribution < -0.4 is 0 Å². The summed E-state index contributed by atoms with van der Waals surface area (Å²) in [7, 11) is 1.21. The minimum Gasteiger partial charge on any atom is -0.469 e. The first kappa shape index (κ1) is 15.7. The second kappa shape index (κ2) is 5.79. The fourth-order valence-corrected chi connectivity index (χ4v) is 3.43. The van der Waals surface area contributed by atoms with Crippen LogP contribution in [0.3, 0.4) is 0 Å². The van der Waals surface area contributed by atoms with Gasteiger partial charge in [-0.3, -0.25) is 9.69 Å². The van der Waals surface area contributed by atoms with Crippen molar-refractivity contribution in [2.24, 2.45) is 5.92 Å². The molecular formula is C16H17F2NO4. The number of carbonyl (C=O) groups is 2. The summed E-state index contributed by atoms with van der Waals surface area (Å²) in [5.74, 6) is -4.27. The highest BCUT2D eigenvalue weighted by Crippen LogP contribution is 2.50. The van der Waals surface area contributed by atoms with Gasteiger partial charge in [0.1, 0.15) is 6.61 Å². The summed E-state index contributed by atoms with van der Waals surface area (Å²) in [4.78, 5) is 25.0. The number of amides is 1. The summed E-state index contributed by atoms with van der Waals surface area (Å²) in [5.41, 5.74) is 0.767. The molecule has 5 nitrogen and oxygen atoms in total. The molecule has 0 radical (unpaired) electrons. The van der Waals surface area contributed by atoms with E-state index in [1.807, 2.05) is 6.07 Å². The first-order chi connectivity index (χ1) is 10.9. The SMILES string of the molecule is COC(=O)C1CC2N(C(=O)OCc3ccccc3)C1CC2(F)F. The van der Waals surface area contributed by atoms with Crippen molar-refractivity contribution < 1.29 is 27.8 Å². The van der Waals surface area contributed by atoms with E-state index in [1.165, 1.54) is 7.11 Å². The molecule has 3 rings (SSSR count). The molecule has 1 aromatic carbocycles. The Balaban J connectivity index is 1.71. The summed E-state index contributed by atoms with van der Waals surface area (Å²) in [6.45, 7) is 0.00404. The lowest BCUT2D eigenvalue weighted by atomic mass is 9.87. The van der Waals surface area contributed by atoms with Gasteiger partial charge in [-0.2, -0.15) is 0 Å². The maximum absolute atomic E-state index is 14.0. The van der Waals surface area contributed by atoms with Gasteiger partial charge in [-0.15, -0.1) is 0 Å². The number of carbonyl (C=O) groups excluding carboxylic acids is 2. The Hall–Kier alpha value is -2.18. The van der Waals surface area contributed by atoms with Crippen LogP contribution in [0.15, 0.2) is 30.3 Å². The van der Waals surface area contributed by atoms with E-state index >= 15 is 0 Å². The van der Waals surface area contributed by atoms with Gasteiger partial charge in [0, 0.05) is 6.42 Å². The smallest absolute Gasteiger partial charge is 0.410 e. The van der Waals surface area contributed by atoms with Crippen LogP contribution in [-0.2, 0) is 20.9 Å². The van der Waals surface area contributed by atoms with Crippen molar-refractivity contribution in [2.75, 3.05) is 7.11 Å². The molecule has 0 aliphatic carbocycles. The molecule has 0 aromatic heterocycles. The Morgan fingerprint density at radius 2 is 2.00 bits per heavy atom. The molecule has 2 aliphatic rings. The fourth-order valence-electron chi connectivity index (χ4n) is 3.43. The molecule has 0 spiro atoms. The normalized spacial score (nSPS) is 27.8. The summed E-state index contributed by atoms with van der Waals surface area (Å²) < 4.78 is 37.7. The molecular weight excluding hydrogens is 308 g/mol. The second-order valence-corrected chi connectivity index (χ2v) is 5.86. The molecule has 0 saturated carbocycles. The first-order valence-electron chi connectivity index (χ1n) is 7.38. The third-order valence-electron chi connectivity index (χ3n) is 4.52. The number of benzene rings is 1. The van der Waals surface area contributed by atoms with Gasteiger partial charge >= 0.3 is 12.1 Å². The highest BCUT2D eigenvalue weighted by Gasteiger charge is 2.65. The predicted molar refractivity (Wildman–Crippen MR) is 75.7 cm³/mol. The van der Waals surface area contributed by atoms with Gasteiger partial charge in [-0.25, -0.2) is 13.6 Å². The number of fused-ring (bicyclic) bond motifs is 2. The van der Waals surface area contributed by atoms with Gasteiger partial charge in [0.05, 0.1) is 25.1 Å². The molecule has 7 heteroatoms. The van der Waals surface area contributed by atoms with Crippen molar-refractivity contribution in [3.05, 3.63) is 35.9 Å². The van der Waals surface area contributed by atoms with E-state index in [9.17, 15) is 18.4 Å². The average molecular weight is 325 g/mol. The summed E-state index contributed by atoms with van der Waals surface area (Å²) in [6, 6.07) is 6.79. The lowest BCUT2D eigenvalue weighted by Gasteiger charge is -2.23. The van der Waals surface area contributed by atoms with Crippen molar-refractivity contribution in [2.45, 2.75) is 37.5 Å². The largest absolute Gasteiger partial charge is 0.469 e. The Morgan fingerprint density at radius 1 is 1.30 bits per heavy atom. The molecule has 2 fully saturated rings. The number of hydrogen-bond acceptors (Lipinski definition) is 4.